The SMILES string of the molecule is CCOC(=O)c1ncsc1NC1CC=CC1. The van der Waals surface area contributed by atoms with Crippen LogP contribution in [-0.4, -0.2) is 23.6 Å². The van der Waals surface area contributed by atoms with Crippen LogP contribution in [-0.2, 0) is 4.74 Å². The smallest absolute Gasteiger partial charge is 0.360 e. The zero-order valence-corrected chi connectivity index (χ0v) is 9.92. The molecule has 0 aromatic carbocycles. The zero-order valence-electron chi connectivity index (χ0n) is 9.10. The fourth-order valence-corrected chi connectivity index (χ4v) is 2.36. The number of nitrogens with one attached hydrogen (secondary N) is 1. The summed E-state index contributed by atoms with van der Waals surface area (Å²) >= 11 is 1.44. The third kappa shape index (κ3) is 2.41. The molecule has 0 fully saturated rings. The van der Waals surface area contributed by atoms with Gasteiger partial charge in [-0.15, -0.1) is 11.3 Å². The highest BCUT2D eigenvalue weighted by molar-refractivity contribution is 7.14. The summed E-state index contributed by atoms with van der Waals surface area (Å²) in [6, 6.07) is 0.383. The van der Waals surface area contributed by atoms with Gasteiger partial charge in [-0.1, -0.05) is 12.2 Å². The second-order valence-electron chi connectivity index (χ2n) is 3.53. The second-order valence-corrected chi connectivity index (χ2v) is 4.39. The Morgan fingerprint density at radius 3 is 3.06 bits per heavy atom. The Morgan fingerprint density at radius 1 is 1.62 bits per heavy atom. The first-order valence-corrected chi connectivity index (χ1v) is 6.21. The molecule has 0 amide bonds. The van der Waals surface area contributed by atoms with Crippen molar-refractivity contribution >= 4 is 22.3 Å². The van der Waals surface area contributed by atoms with Crippen molar-refractivity contribution in [2.45, 2.75) is 25.8 Å². The van der Waals surface area contributed by atoms with Crippen LogP contribution in [0.1, 0.15) is 30.3 Å². The van der Waals surface area contributed by atoms with Gasteiger partial charge in [-0.3, -0.25) is 0 Å². The van der Waals surface area contributed by atoms with Crippen molar-refractivity contribution in [3.05, 3.63) is 23.4 Å². The van der Waals surface area contributed by atoms with Gasteiger partial charge in [0.25, 0.3) is 0 Å². The molecule has 0 saturated heterocycles. The van der Waals surface area contributed by atoms with E-state index in [0.717, 1.165) is 17.8 Å². The number of anilines is 1. The van der Waals surface area contributed by atoms with Crippen molar-refractivity contribution in [3.8, 4) is 0 Å². The molecule has 0 bridgehead atoms. The van der Waals surface area contributed by atoms with E-state index >= 15 is 0 Å². The minimum Gasteiger partial charge on any atom is -0.461 e. The van der Waals surface area contributed by atoms with E-state index in [1.165, 1.54) is 11.3 Å². The Morgan fingerprint density at radius 2 is 2.38 bits per heavy atom. The molecule has 5 heteroatoms. The van der Waals surface area contributed by atoms with E-state index < -0.39 is 0 Å². The molecule has 16 heavy (non-hydrogen) atoms. The molecule has 0 spiro atoms. The molecule has 2 rings (SSSR count). The fourth-order valence-electron chi connectivity index (χ4n) is 1.61. The molecule has 4 nitrogen and oxygen atoms in total. The van der Waals surface area contributed by atoms with Gasteiger partial charge >= 0.3 is 5.97 Å². The summed E-state index contributed by atoms with van der Waals surface area (Å²) in [5.74, 6) is -0.350. The van der Waals surface area contributed by atoms with Crippen LogP contribution in [0.5, 0.6) is 0 Å². The molecule has 86 valence electrons. The Hall–Kier alpha value is -1.36. The number of hydrogen-bond acceptors (Lipinski definition) is 5. The first-order chi connectivity index (χ1) is 7.81. The number of aromatic nitrogens is 1. The van der Waals surface area contributed by atoms with Gasteiger partial charge in [0.2, 0.25) is 0 Å². The third-order valence-corrected chi connectivity index (χ3v) is 3.14. The van der Waals surface area contributed by atoms with Gasteiger partial charge in [0.15, 0.2) is 5.69 Å². The van der Waals surface area contributed by atoms with Gasteiger partial charge in [0, 0.05) is 6.04 Å². The summed E-state index contributed by atoms with van der Waals surface area (Å²) in [4.78, 5) is 15.6. The summed E-state index contributed by atoms with van der Waals surface area (Å²) in [5, 5.41) is 4.13. The summed E-state index contributed by atoms with van der Waals surface area (Å²) in [5.41, 5.74) is 2.07. The number of carbonyl (C=O) groups is 1. The van der Waals surface area contributed by atoms with Crippen LogP contribution >= 0.6 is 11.3 Å². The van der Waals surface area contributed by atoms with Gasteiger partial charge in [0.05, 0.1) is 12.1 Å². The molecule has 0 unspecified atom stereocenters. The number of esters is 1. The summed E-state index contributed by atoms with van der Waals surface area (Å²) in [7, 11) is 0. The number of carbonyl (C=O) groups excluding carboxylic acids is 1. The number of hydrogen-bond donors (Lipinski definition) is 1. The van der Waals surface area contributed by atoms with Crippen molar-refractivity contribution in [2.24, 2.45) is 0 Å². The highest BCUT2D eigenvalue weighted by Crippen LogP contribution is 2.24. The third-order valence-electron chi connectivity index (χ3n) is 2.38. The highest BCUT2D eigenvalue weighted by Gasteiger charge is 2.19. The minimum absolute atomic E-state index is 0.350. The first-order valence-electron chi connectivity index (χ1n) is 5.33. The monoisotopic (exact) mass is 238 g/mol. The molecule has 1 aliphatic rings. The Labute approximate surface area is 98.3 Å². The maximum absolute atomic E-state index is 11.6. The van der Waals surface area contributed by atoms with Crippen LogP contribution < -0.4 is 5.32 Å². The molecule has 0 atom stereocenters. The van der Waals surface area contributed by atoms with E-state index in [9.17, 15) is 4.79 Å². The molecular formula is C11H14N2O2S. The Bertz CT molecular complexity index is 392. The van der Waals surface area contributed by atoms with Crippen LogP contribution in [0.3, 0.4) is 0 Å². The van der Waals surface area contributed by atoms with Crippen LogP contribution in [0.25, 0.3) is 0 Å². The molecule has 1 N–H and O–H groups in total. The lowest BCUT2D eigenvalue weighted by Crippen LogP contribution is -2.17. The molecular weight excluding hydrogens is 224 g/mol. The number of nitrogens with zero attached hydrogens (tertiary/aromatic N) is 1. The Balaban J connectivity index is 2.03. The lowest BCUT2D eigenvalue weighted by molar-refractivity contribution is 0.0521. The lowest BCUT2D eigenvalue weighted by Gasteiger charge is -2.12. The maximum atomic E-state index is 11.6. The molecule has 1 heterocycles. The average molecular weight is 238 g/mol. The summed E-state index contributed by atoms with van der Waals surface area (Å²) < 4.78 is 4.94. The van der Waals surface area contributed by atoms with Gasteiger partial charge in [-0.2, -0.15) is 0 Å². The molecule has 1 aromatic heterocycles. The van der Waals surface area contributed by atoms with Gasteiger partial charge in [0.1, 0.15) is 5.00 Å². The standard InChI is InChI=1S/C11H14N2O2S/c1-2-15-11(14)9-10(16-7-12-9)13-8-5-3-4-6-8/h3-4,7-8,13H,2,5-6H2,1H3. The van der Waals surface area contributed by atoms with Crippen LogP contribution in [0, 0.1) is 0 Å². The second kappa shape index (κ2) is 5.12. The van der Waals surface area contributed by atoms with E-state index in [-0.39, 0.29) is 5.97 Å². The zero-order chi connectivity index (χ0) is 11.4. The topological polar surface area (TPSA) is 51.2 Å². The van der Waals surface area contributed by atoms with Crippen molar-refractivity contribution in [2.75, 3.05) is 11.9 Å². The van der Waals surface area contributed by atoms with Crippen LogP contribution in [0.15, 0.2) is 17.7 Å². The van der Waals surface area contributed by atoms with E-state index in [1.54, 1.807) is 12.4 Å². The molecule has 1 aliphatic carbocycles. The van der Waals surface area contributed by atoms with Gasteiger partial charge < -0.3 is 10.1 Å². The summed E-state index contributed by atoms with van der Waals surface area (Å²) in [6.45, 7) is 2.17. The van der Waals surface area contributed by atoms with E-state index in [1.807, 2.05) is 0 Å². The largest absolute Gasteiger partial charge is 0.461 e. The van der Waals surface area contributed by atoms with Crippen molar-refractivity contribution < 1.29 is 9.53 Å². The highest BCUT2D eigenvalue weighted by atomic mass is 32.1. The summed E-state index contributed by atoms with van der Waals surface area (Å²) in [6.07, 6.45) is 6.28. The number of thiazole rings is 1. The predicted octanol–water partition coefficient (Wildman–Crippen LogP) is 2.45. The lowest BCUT2D eigenvalue weighted by atomic mass is 10.2. The molecule has 0 radical (unpaired) electrons. The van der Waals surface area contributed by atoms with Crippen molar-refractivity contribution in [1.29, 1.82) is 0 Å². The van der Waals surface area contributed by atoms with Gasteiger partial charge in [-0.25, -0.2) is 9.78 Å². The number of rotatable bonds is 4. The van der Waals surface area contributed by atoms with Crippen LogP contribution in [0.2, 0.25) is 0 Å². The number of ether oxygens (including phenoxy) is 1. The predicted molar refractivity (Wildman–Crippen MR) is 63.9 cm³/mol. The van der Waals surface area contributed by atoms with E-state index in [2.05, 4.69) is 22.5 Å². The van der Waals surface area contributed by atoms with Crippen LogP contribution in [0.4, 0.5) is 5.00 Å². The maximum Gasteiger partial charge on any atom is 0.360 e. The van der Waals surface area contributed by atoms with Crippen molar-refractivity contribution in [1.82, 2.24) is 4.98 Å². The Kier molecular flexibility index (Phi) is 3.56. The molecule has 1 aromatic rings. The van der Waals surface area contributed by atoms with Crippen molar-refractivity contribution in [3.63, 3.8) is 0 Å². The molecule has 0 saturated carbocycles. The average Bonchev–Trinajstić information content (AvgIpc) is 2.90. The quantitative estimate of drug-likeness (QED) is 0.646. The normalized spacial score (nSPS) is 15.3. The van der Waals surface area contributed by atoms with E-state index in [4.69, 9.17) is 4.74 Å². The first kappa shape index (κ1) is 11.1. The minimum atomic E-state index is -0.350. The molecule has 0 aliphatic heterocycles. The fraction of sp³-hybridized carbons (Fsp3) is 0.455. The van der Waals surface area contributed by atoms with Gasteiger partial charge in [-0.05, 0) is 19.8 Å². The van der Waals surface area contributed by atoms with E-state index in [0.29, 0.717) is 18.3 Å².